The Kier molecular flexibility index (Phi) is 4.32. The Morgan fingerprint density at radius 1 is 0.640 bits per heavy atom. The van der Waals surface area contributed by atoms with E-state index >= 15 is 0 Å². The van der Waals surface area contributed by atoms with Gasteiger partial charge in [0.2, 0.25) is 0 Å². The lowest BCUT2D eigenvalue weighted by Crippen LogP contribution is -2.43. The van der Waals surface area contributed by atoms with Crippen molar-refractivity contribution in [3.63, 3.8) is 0 Å². The maximum absolute atomic E-state index is 12.7. The Morgan fingerprint density at radius 3 is 1.68 bits per heavy atom. The smallest absolute Gasteiger partial charge is 0.328 e. The zero-order valence-electron chi connectivity index (χ0n) is 13.7. The molecule has 3 heteroatoms. The predicted octanol–water partition coefficient (Wildman–Crippen LogP) is 4.36. The van der Waals surface area contributed by atoms with Crippen molar-refractivity contribution in [2.24, 2.45) is 0 Å². The Morgan fingerprint density at radius 2 is 1.12 bits per heavy atom. The van der Waals surface area contributed by atoms with Gasteiger partial charge in [-0.1, -0.05) is 91.0 Å². The maximum atomic E-state index is 12.7. The summed E-state index contributed by atoms with van der Waals surface area (Å²) in [6.45, 7) is 0. The Bertz CT molecular complexity index is 834. The molecule has 3 aromatic carbocycles. The quantitative estimate of drug-likeness (QED) is 0.726. The molecule has 1 heterocycles. The summed E-state index contributed by atoms with van der Waals surface area (Å²) in [5, 5.41) is 3.51. The third kappa shape index (κ3) is 3.19. The number of benzene rings is 3. The van der Waals surface area contributed by atoms with Crippen LogP contribution in [-0.4, -0.2) is 5.97 Å². The maximum Gasteiger partial charge on any atom is 0.328 e. The Labute approximate surface area is 147 Å². The van der Waals surface area contributed by atoms with Gasteiger partial charge in [0, 0.05) is 0 Å². The lowest BCUT2D eigenvalue weighted by atomic mass is 9.92. The average Bonchev–Trinajstić information content (AvgIpc) is 2.70. The number of nitrogens with one attached hydrogen (secondary N) is 1. The molecule has 0 saturated carbocycles. The highest BCUT2D eigenvalue weighted by Crippen LogP contribution is 2.39. The SMILES string of the molecule is O=C1O[C@H](c2ccccc2)[C@H](c2ccccc2)N[C@H]1c1ccccc1. The Hall–Kier alpha value is -2.91. The van der Waals surface area contributed by atoms with Gasteiger partial charge >= 0.3 is 5.97 Å². The molecule has 3 atom stereocenters. The fourth-order valence-electron chi connectivity index (χ4n) is 3.31. The van der Waals surface area contributed by atoms with E-state index in [4.69, 9.17) is 4.74 Å². The topological polar surface area (TPSA) is 38.3 Å². The van der Waals surface area contributed by atoms with Crippen LogP contribution in [0.25, 0.3) is 0 Å². The second kappa shape index (κ2) is 6.91. The van der Waals surface area contributed by atoms with Gasteiger partial charge in [-0.15, -0.1) is 0 Å². The predicted molar refractivity (Wildman–Crippen MR) is 96.8 cm³/mol. The van der Waals surface area contributed by atoms with Gasteiger partial charge in [0.15, 0.2) is 0 Å². The first kappa shape index (κ1) is 15.6. The summed E-state index contributed by atoms with van der Waals surface area (Å²) < 4.78 is 5.91. The number of ether oxygens (including phenoxy) is 1. The molecule has 1 saturated heterocycles. The minimum absolute atomic E-state index is 0.105. The van der Waals surface area contributed by atoms with Crippen molar-refractivity contribution in [3.05, 3.63) is 108 Å². The van der Waals surface area contributed by atoms with E-state index in [2.05, 4.69) is 17.4 Å². The summed E-state index contributed by atoms with van der Waals surface area (Å²) in [5.74, 6) is -0.243. The molecule has 0 unspecified atom stereocenters. The molecule has 0 spiro atoms. The summed E-state index contributed by atoms with van der Waals surface area (Å²) in [4.78, 5) is 12.7. The number of carbonyl (C=O) groups excluding carboxylic acids is 1. The summed E-state index contributed by atoms with van der Waals surface area (Å²) in [6, 6.07) is 29.2. The van der Waals surface area contributed by atoms with Gasteiger partial charge < -0.3 is 4.74 Å². The third-order valence-electron chi connectivity index (χ3n) is 4.55. The summed E-state index contributed by atoms with van der Waals surface area (Å²) in [7, 11) is 0. The van der Waals surface area contributed by atoms with Crippen molar-refractivity contribution in [1.82, 2.24) is 5.32 Å². The molecule has 3 nitrogen and oxygen atoms in total. The minimum Gasteiger partial charge on any atom is -0.454 e. The van der Waals surface area contributed by atoms with E-state index in [1.165, 1.54) is 0 Å². The van der Waals surface area contributed by atoms with Gasteiger partial charge in [-0.2, -0.15) is 0 Å². The molecular formula is C22H19NO2. The van der Waals surface area contributed by atoms with Crippen molar-refractivity contribution < 1.29 is 9.53 Å². The van der Waals surface area contributed by atoms with Crippen LogP contribution in [0.4, 0.5) is 0 Å². The van der Waals surface area contributed by atoms with Crippen molar-refractivity contribution in [3.8, 4) is 0 Å². The van der Waals surface area contributed by atoms with E-state index < -0.39 is 6.04 Å². The van der Waals surface area contributed by atoms with Crippen molar-refractivity contribution in [2.75, 3.05) is 0 Å². The number of hydrogen-bond donors (Lipinski definition) is 1. The summed E-state index contributed by atoms with van der Waals surface area (Å²) in [6.07, 6.45) is -0.351. The standard InChI is InChI=1S/C22H19NO2/c24-22-20(17-12-6-2-7-13-17)23-19(16-10-4-1-5-11-16)21(25-22)18-14-8-3-9-15-18/h1-15,19-21,23H/t19-,20-,21+/m0/s1. The summed E-state index contributed by atoms with van der Waals surface area (Å²) in [5.41, 5.74) is 3.01. The first-order chi connectivity index (χ1) is 12.3. The molecule has 124 valence electrons. The molecule has 3 aromatic rings. The molecule has 0 aliphatic carbocycles. The van der Waals surface area contributed by atoms with Crippen molar-refractivity contribution in [2.45, 2.75) is 18.2 Å². The summed E-state index contributed by atoms with van der Waals surface area (Å²) >= 11 is 0. The molecule has 1 aliphatic rings. The molecule has 1 fully saturated rings. The molecule has 4 rings (SSSR count). The van der Waals surface area contributed by atoms with Gasteiger partial charge in [0.05, 0.1) is 6.04 Å². The second-order valence-electron chi connectivity index (χ2n) is 6.17. The van der Waals surface area contributed by atoms with Crippen LogP contribution in [0.15, 0.2) is 91.0 Å². The van der Waals surface area contributed by atoms with Crippen LogP contribution >= 0.6 is 0 Å². The second-order valence-corrected chi connectivity index (χ2v) is 6.17. The third-order valence-corrected chi connectivity index (χ3v) is 4.55. The zero-order chi connectivity index (χ0) is 17.1. The van der Waals surface area contributed by atoms with E-state index in [0.717, 1.165) is 16.7 Å². The molecule has 0 aromatic heterocycles. The molecule has 0 radical (unpaired) electrons. The Balaban J connectivity index is 1.72. The van der Waals surface area contributed by atoms with Gasteiger partial charge in [0.25, 0.3) is 0 Å². The van der Waals surface area contributed by atoms with Crippen molar-refractivity contribution >= 4 is 5.97 Å². The molecule has 25 heavy (non-hydrogen) atoms. The lowest BCUT2D eigenvalue weighted by Gasteiger charge is -2.37. The van der Waals surface area contributed by atoms with E-state index in [1.807, 2.05) is 78.9 Å². The van der Waals surface area contributed by atoms with Gasteiger partial charge in [-0.25, -0.2) is 4.79 Å². The normalized spacial score (nSPS) is 23.0. The van der Waals surface area contributed by atoms with Crippen LogP contribution in [0, 0.1) is 0 Å². The van der Waals surface area contributed by atoms with Crippen LogP contribution in [0.3, 0.4) is 0 Å². The minimum atomic E-state index is -0.466. The van der Waals surface area contributed by atoms with E-state index in [1.54, 1.807) is 0 Å². The van der Waals surface area contributed by atoms with Crippen LogP contribution < -0.4 is 5.32 Å². The van der Waals surface area contributed by atoms with Crippen LogP contribution in [0.2, 0.25) is 0 Å². The van der Waals surface area contributed by atoms with E-state index in [-0.39, 0.29) is 18.1 Å². The number of esters is 1. The molecule has 0 bridgehead atoms. The van der Waals surface area contributed by atoms with Crippen LogP contribution in [0.1, 0.15) is 34.9 Å². The fourth-order valence-corrected chi connectivity index (χ4v) is 3.31. The average molecular weight is 329 g/mol. The van der Waals surface area contributed by atoms with E-state index in [0.29, 0.717) is 0 Å². The first-order valence-corrected chi connectivity index (χ1v) is 8.44. The molecular weight excluding hydrogens is 310 g/mol. The highest BCUT2D eigenvalue weighted by atomic mass is 16.5. The van der Waals surface area contributed by atoms with Crippen LogP contribution in [-0.2, 0) is 9.53 Å². The van der Waals surface area contributed by atoms with Crippen LogP contribution in [0.5, 0.6) is 0 Å². The highest BCUT2D eigenvalue weighted by molar-refractivity contribution is 5.79. The number of cyclic esters (lactones) is 1. The fraction of sp³-hybridized carbons (Fsp3) is 0.136. The number of carbonyl (C=O) groups is 1. The number of rotatable bonds is 3. The van der Waals surface area contributed by atoms with Crippen molar-refractivity contribution in [1.29, 1.82) is 0 Å². The molecule has 1 aliphatic heterocycles. The zero-order valence-corrected chi connectivity index (χ0v) is 13.7. The van der Waals surface area contributed by atoms with Gasteiger partial charge in [0.1, 0.15) is 12.1 Å². The highest BCUT2D eigenvalue weighted by Gasteiger charge is 2.39. The molecule has 1 N–H and O–H groups in total. The first-order valence-electron chi connectivity index (χ1n) is 8.44. The monoisotopic (exact) mass is 329 g/mol. The lowest BCUT2D eigenvalue weighted by molar-refractivity contribution is -0.161. The molecule has 0 amide bonds. The van der Waals surface area contributed by atoms with E-state index in [9.17, 15) is 4.79 Å². The number of hydrogen-bond acceptors (Lipinski definition) is 3. The van der Waals surface area contributed by atoms with Gasteiger partial charge in [-0.3, -0.25) is 5.32 Å². The largest absolute Gasteiger partial charge is 0.454 e. The van der Waals surface area contributed by atoms with Gasteiger partial charge in [-0.05, 0) is 16.7 Å². The number of morpholine rings is 1.